The Balaban J connectivity index is 2.38. The van der Waals surface area contributed by atoms with Crippen molar-refractivity contribution in [3.8, 4) is 0 Å². The van der Waals surface area contributed by atoms with Crippen LogP contribution in [0.15, 0.2) is 24.3 Å². The molecule has 3 heteroatoms. The SMILES string of the molecule is CC(CCCc1ccc(C(C)C)cc1)C(=O)NCl. The summed E-state index contributed by atoms with van der Waals surface area (Å²) < 4.78 is 0. The molecular formula is C15H22ClNO. The molecule has 0 fully saturated rings. The first-order chi connectivity index (χ1) is 8.54. The number of nitrogens with one attached hydrogen (secondary N) is 1. The molecule has 0 radical (unpaired) electrons. The molecule has 18 heavy (non-hydrogen) atoms. The van der Waals surface area contributed by atoms with E-state index in [1.54, 1.807) is 0 Å². The lowest BCUT2D eigenvalue weighted by molar-refractivity contribution is -0.122. The fourth-order valence-electron chi connectivity index (χ4n) is 1.91. The zero-order valence-electron chi connectivity index (χ0n) is 11.4. The van der Waals surface area contributed by atoms with Gasteiger partial charge in [0, 0.05) is 17.7 Å². The minimum absolute atomic E-state index is 0.0163. The number of hydrogen-bond acceptors (Lipinski definition) is 1. The van der Waals surface area contributed by atoms with Crippen LogP contribution in [0.2, 0.25) is 0 Å². The molecule has 2 nitrogen and oxygen atoms in total. The van der Waals surface area contributed by atoms with Gasteiger partial charge in [-0.25, -0.2) is 0 Å². The largest absolute Gasteiger partial charge is 0.274 e. The van der Waals surface area contributed by atoms with Crippen molar-refractivity contribution in [3.63, 3.8) is 0 Å². The lowest BCUT2D eigenvalue weighted by atomic mass is 9.98. The predicted molar refractivity (Wildman–Crippen MR) is 76.6 cm³/mol. The first-order valence-electron chi connectivity index (χ1n) is 6.54. The van der Waals surface area contributed by atoms with Crippen LogP contribution in [0.5, 0.6) is 0 Å². The Hall–Kier alpha value is -1.02. The van der Waals surface area contributed by atoms with E-state index in [1.807, 2.05) is 6.92 Å². The van der Waals surface area contributed by atoms with Crippen LogP contribution in [-0.4, -0.2) is 5.91 Å². The molecule has 1 atom stereocenters. The zero-order valence-corrected chi connectivity index (χ0v) is 12.1. The molecule has 1 aromatic carbocycles. The van der Waals surface area contributed by atoms with Gasteiger partial charge in [0.1, 0.15) is 0 Å². The van der Waals surface area contributed by atoms with Gasteiger partial charge in [0.25, 0.3) is 0 Å². The maximum atomic E-state index is 11.2. The summed E-state index contributed by atoms with van der Waals surface area (Å²) >= 11 is 5.29. The van der Waals surface area contributed by atoms with Gasteiger partial charge in [-0.05, 0) is 36.3 Å². The van der Waals surface area contributed by atoms with E-state index in [9.17, 15) is 4.79 Å². The van der Waals surface area contributed by atoms with Crippen LogP contribution in [0.3, 0.4) is 0 Å². The van der Waals surface area contributed by atoms with E-state index in [-0.39, 0.29) is 11.8 Å². The molecule has 0 aliphatic heterocycles. The highest BCUT2D eigenvalue weighted by atomic mass is 35.5. The van der Waals surface area contributed by atoms with E-state index in [0.717, 1.165) is 19.3 Å². The third kappa shape index (κ3) is 4.69. The molecule has 1 amide bonds. The molecule has 0 saturated heterocycles. The van der Waals surface area contributed by atoms with Gasteiger partial charge >= 0.3 is 0 Å². The van der Waals surface area contributed by atoms with Gasteiger partial charge in [-0.2, -0.15) is 0 Å². The minimum atomic E-state index is -0.0909. The van der Waals surface area contributed by atoms with Crippen molar-refractivity contribution in [3.05, 3.63) is 35.4 Å². The molecule has 1 N–H and O–H groups in total. The minimum Gasteiger partial charge on any atom is -0.274 e. The fourth-order valence-corrected chi connectivity index (χ4v) is 2.09. The molecule has 0 aliphatic rings. The van der Waals surface area contributed by atoms with Gasteiger partial charge in [-0.3, -0.25) is 9.63 Å². The first-order valence-corrected chi connectivity index (χ1v) is 6.91. The van der Waals surface area contributed by atoms with E-state index >= 15 is 0 Å². The second-order valence-corrected chi connectivity index (χ2v) is 5.34. The van der Waals surface area contributed by atoms with Crippen LogP contribution >= 0.6 is 11.8 Å². The fraction of sp³-hybridized carbons (Fsp3) is 0.533. The topological polar surface area (TPSA) is 29.1 Å². The van der Waals surface area contributed by atoms with Gasteiger partial charge in [0.05, 0.1) is 0 Å². The number of carbonyl (C=O) groups excluding carboxylic acids is 1. The number of aryl methyl sites for hydroxylation is 1. The van der Waals surface area contributed by atoms with Gasteiger partial charge in [-0.15, -0.1) is 0 Å². The molecule has 0 saturated carbocycles. The van der Waals surface area contributed by atoms with E-state index in [0.29, 0.717) is 5.92 Å². The zero-order chi connectivity index (χ0) is 13.5. The molecule has 0 spiro atoms. The highest BCUT2D eigenvalue weighted by molar-refractivity contribution is 6.21. The normalized spacial score (nSPS) is 12.5. The number of benzene rings is 1. The monoisotopic (exact) mass is 267 g/mol. The summed E-state index contributed by atoms with van der Waals surface area (Å²) in [7, 11) is 0. The van der Waals surface area contributed by atoms with Crippen molar-refractivity contribution < 1.29 is 4.79 Å². The molecule has 100 valence electrons. The van der Waals surface area contributed by atoms with Crippen molar-refractivity contribution in [2.45, 2.75) is 46.0 Å². The van der Waals surface area contributed by atoms with Crippen molar-refractivity contribution in [1.82, 2.24) is 4.84 Å². The maximum Gasteiger partial charge on any atom is 0.237 e. The Morgan fingerprint density at radius 2 is 1.83 bits per heavy atom. The summed E-state index contributed by atoms with van der Waals surface area (Å²) in [6.07, 6.45) is 2.88. The summed E-state index contributed by atoms with van der Waals surface area (Å²) in [6.45, 7) is 6.29. The Morgan fingerprint density at radius 3 is 2.33 bits per heavy atom. The predicted octanol–water partition coefficient (Wildman–Crippen LogP) is 4.04. The maximum absolute atomic E-state index is 11.2. The van der Waals surface area contributed by atoms with Crippen LogP contribution in [0.25, 0.3) is 0 Å². The Kier molecular flexibility index (Phi) is 6.20. The van der Waals surface area contributed by atoms with Crippen LogP contribution in [-0.2, 0) is 11.2 Å². The van der Waals surface area contributed by atoms with Crippen LogP contribution < -0.4 is 4.84 Å². The quantitative estimate of drug-likeness (QED) is 0.775. The molecule has 1 aromatic rings. The summed E-state index contributed by atoms with van der Waals surface area (Å²) in [5.41, 5.74) is 2.70. The Labute approximate surface area is 115 Å². The molecular weight excluding hydrogens is 246 g/mol. The third-order valence-electron chi connectivity index (χ3n) is 3.29. The molecule has 0 bridgehead atoms. The molecule has 0 aromatic heterocycles. The Bertz CT molecular complexity index is 373. The number of amides is 1. The average molecular weight is 268 g/mol. The van der Waals surface area contributed by atoms with Gasteiger partial charge in [0.15, 0.2) is 0 Å². The lowest BCUT2D eigenvalue weighted by Crippen LogP contribution is -2.21. The molecule has 0 aliphatic carbocycles. The number of hydrogen-bond donors (Lipinski definition) is 1. The number of carbonyl (C=O) groups is 1. The standard InChI is InChI=1S/C15H22ClNO/c1-11(2)14-9-7-13(8-10-14)6-4-5-12(3)15(18)17-16/h7-12H,4-6H2,1-3H3,(H,17,18). The number of rotatable bonds is 6. The first kappa shape index (κ1) is 15.0. The highest BCUT2D eigenvalue weighted by Gasteiger charge is 2.10. The van der Waals surface area contributed by atoms with E-state index < -0.39 is 0 Å². The van der Waals surface area contributed by atoms with Gasteiger partial charge < -0.3 is 0 Å². The van der Waals surface area contributed by atoms with Crippen molar-refractivity contribution >= 4 is 17.7 Å². The van der Waals surface area contributed by atoms with Crippen LogP contribution in [0, 0.1) is 5.92 Å². The van der Waals surface area contributed by atoms with Crippen LogP contribution in [0.1, 0.15) is 50.7 Å². The van der Waals surface area contributed by atoms with E-state index in [1.165, 1.54) is 11.1 Å². The average Bonchev–Trinajstić information content (AvgIpc) is 2.38. The van der Waals surface area contributed by atoms with E-state index in [2.05, 4.69) is 42.9 Å². The lowest BCUT2D eigenvalue weighted by Gasteiger charge is -2.09. The van der Waals surface area contributed by atoms with Gasteiger partial charge in [-0.1, -0.05) is 45.0 Å². The van der Waals surface area contributed by atoms with Gasteiger partial charge in [0.2, 0.25) is 5.91 Å². The summed E-state index contributed by atoms with van der Waals surface area (Å²) in [5, 5.41) is 0. The van der Waals surface area contributed by atoms with Crippen molar-refractivity contribution in [2.24, 2.45) is 5.92 Å². The molecule has 1 unspecified atom stereocenters. The van der Waals surface area contributed by atoms with Crippen molar-refractivity contribution in [1.29, 1.82) is 0 Å². The molecule has 1 rings (SSSR count). The second-order valence-electron chi connectivity index (χ2n) is 5.15. The smallest absolute Gasteiger partial charge is 0.237 e. The number of halogens is 1. The third-order valence-corrected chi connectivity index (χ3v) is 3.48. The Morgan fingerprint density at radius 1 is 1.22 bits per heavy atom. The van der Waals surface area contributed by atoms with Crippen LogP contribution in [0.4, 0.5) is 0 Å². The molecule has 0 heterocycles. The highest BCUT2D eigenvalue weighted by Crippen LogP contribution is 2.16. The summed E-state index contributed by atoms with van der Waals surface area (Å²) in [6, 6.07) is 8.74. The van der Waals surface area contributed by atoms with E-state index in [4.69, 9.17) is 11.8 Å². The van der Waals surface area contributed by atoms with Crippen molar-refractivity contribution in [2.75, 3.05) is 0 Å². The second kappa shape index (κ2) is 7.42. The summed E-state index contributed by atoms with van der Waals surface area (Å²) in [5.74, 6) is 0.468. The summed E-state index contributed by atoms with van der Waals surface area (Å²) in [4.78, 5) is 13.4.